The Balaban J connectivity index is 2.88. The topological polar surface area (TPSA) is 76.2 Å². The van der Waals surface area contributed by atoms with Crippen LogP contribution in [0.15, 0.2) is 10.9 Å². The zero-order chi connectivity index (χ0) is 15.2. The first-order chi connectivity index (χ1) is 9.38. The molecular weight excluding hydrogens is 258 g/mol. The summed E-state index contributed by atoms with van der Waals surface area (Å²) in [5.41, 5.74) is 0.392. The molecule has 1 aromatic rings. The fourth-order valence-electron chi connectivity index (χ4n) is 2.01. The largest absolute Gasteiger partial charge is 0.383 e. The van der Waals surface area contributed by atoms with Crippen LogP contribution in [0, 0.1) is 5.41 Å². The van der Waals surface area contributed by atoms with Crippen LogP contribution < -0.4 is 10.9 Å². The van der Waals surface area contributed by atoms with Gasteiger partial charge >= 0.3 is 0 Å². The van der Waals surface area contributed by atoms with Gasteiger partial charge in [-0.1, -0.05) is 20.8 Å². The average molecular weight is 283 g/mol. The van der Waals surface area contributed by atoms with Crippen molar-refractivity contribution in [1.82, 2.24) is 15.3 Å². The highest BCUT2D eigenvalue weighted by atomic mass is 16.5. The summed E-state index contributed by atoms with van der Waals surface area (Å²) >= 11 is 0. The van der Waals surface area contributed by atoms with Gasteiger partial charge in [-0.3, -0.25) is 4.79 Å². The molecule has 0 saturated heterocycles. The summed E-state index contributed by atoms with van der Waals surface area (Å²) in [5.74, 6) is 0.566. The second-order valence-corrected chi connectivity index (χ2v) is 5.77. The molecule has 1 atom stereocenters. The number of H-pyrrole nitrogens is 1. The van der Waals surface area contributed by atoms with Crippen molar-refractivity contribution < 1.29 is 9.47 Å². The Hall–Kier alpha value is -1.24. The summed E-state index contributed by atoms with van der Waals surface area (Å²) in [7, 11) is 3.27. The van der Waals surface area contributed by atoms with Crippen LogP contribution in [-0.2, 0) is 16.0 Å². The minimum absolute atomic E-state index is 0.146. The number of nitrogens with zero attached hydrogens (tertiary/aromatic N) is 1. The molecule has 6 heteroatoms. The molecule has 0 aliphatic rings. The van der Waals surface area contributed by atoms with Crippen LogP contribution in [0.4, 0.5) is 0 Å². The standard InChI is InChI=1S/C14H25N3O3/c1-14(2,3)12(20-5)13-16-10(8-11(18)17-13)9-15-6-7-19-4/h8,12,15H,6-7,9H2,1-5H3,(H,16,17,18). The molecular formula is C14H25N3O3. The van der Waals surface area contributed by atoms with Crippen LogP contribution in [0.25, 0.3) is 0 Å². The summed E-state index contributed by atoms with van der Waals surface area (Å²) in [5, 5.41) is 3.17. The summed E-state index contributed by atoms with van der Waals surface area (Å²) in [6, 6.07) is 1.50. The fourth-order valence-corrected chi connectivity index (χ4v) is 2.01. The van der Waals surface area contributed by atoms with Crippen LogP contribution in [0.2, 0.25) is 0 Å². The van der Waals surface area contributed by atoms with Crippen LogP contribution in [-0.4, -0.2) is 37.3 Å². The van der Waals surface area contributed by atoms with E-state index in [1.807, 2.05) is 20.8 Å². The lowest BCUT2D eigenvalue weighted by Crippen LogP contribution is -2.27. The van der Waals surface area contributed by atoms with E-state index in [1.54, 1.807) is 14.2 Å². The van der Waals surface area contributed by atoms with E-state index in [1.165, 1.54) is 6.07 Å². The maximum Gasteiger partial charge on any atom is 0.251 e. The van der Waals surface area contributed by atoms with E-state index < -0.39 is 0 Å². The third-order valence-electron chi connectivity index (χ3n) is 2.87. The van der Waals surface area contributed by atoms with Gasteiger partial charge in [0.15, 0.2) is 0 Å². The highest BCUT2D eigenvalue weighted by Gasteiger charge is 2.28. The van der Waals surface area contributed by atoms with Crippen molar-refractivity contribution in [2.45, 2.75) is 33.4 Å². The normalized spacial score (nSPS) is 13.4. The predicted molar refractivity (Wildman–Crippen MR) is 77.6 cm³/mol. The maximum atomic E-state index is 11.7. The fraction of sp³-hybridized carbons (Fsp3) is 0.714. The van der Waals surface area contributed by atoms with Crippen LogP contribution in [0.3, 0.4) is 0 Å². The van der Waals surface area contributed by atoms with Gasteiger partial charge in [-0.25, -0.2) is 4.98 Å². The molecule has 20 heavy (non-hydrogen) atoms. The molecule has 1 heterocycles. The maximum absolute atomic E-state index is 11.7. The quantitative estimate of drug-likeness (QED) is 0.736. The Bertz CT molecular complexity index is 465. The van der Waals surface area contributed by atoms with Crippen molar-refractivity contribution in [1.29, 1.82) is 0 Å². The molecule has 1 unspecified atom stereocenters. The minimum atomic E-state index is -0.255. The Morgan fingerprint density at radius 2 is 2.10 bits per heavy atom. The van der Waals surface area contributed by atoms with Crippen LogP contribution >= 0.6 is 0 Å². The van der Waals surface area contributed by atoms with E-state index in [9.17, 15) is 4.79 Å². The third kappa shape index (κ3) is 5.03. The first-order valence-electron chi connectivity index (χ1n) is 6.71. The van der Waals surface area contributed by atoms with Gasteiger partial charge in [-0.05, 0) is 5.41 Å². The SMILES string of the molecule is COCCNCc1cc(=O)[nH]c(C(OC)C(C)(C)C)n1. The summed E-state index contributed by atoms with van der Waals surface area (Å²) in [4.78, 5) is 19.0. The number of methoxy groups -OCH3 is 2. The van der Waals surface area contributed by atoms with E-state index in [0.29, 0.717) is 31.2 Å². The molecule has 0 aliphatic carbocycles. The Kier molecular flexibility index (Phi) is 6.32. The van der Waals surface area contributed by atoms with Crippen LogP contribution in [0.1, 0.15) is 38.4 Å². The monoisotopic (exact) mass is 283 g/mol. The van der Waals surface area contributed by atoms with E-state index in [4.69, 9.17) is 9.47 Å². The number of ether oxygens (including phenoxy) is 2. The van der Waals surface area contributed by atoms with Crippen molar-refractivity contribution in [3.8, 4) is 0 Å². The molecule has 1 aromatic heterocycles. The van der Waals surface area contributed by atoms with Crippen LogP contribution in [0.5, 0.6) is 0 Å². The summed E-state index contributed by atoms with van der Waals surface area (Å²) < 4.78 is 10.4. The lowest BCUT2D eigenvalue weighted by molar-refractivity contribution is 0.00831. The lowest BCUT2D eigenvalue weighted by Gasteiger charge is -2.28. The number of nitrogens with one attached hydrogen (secondary N) is 2. The molecule has 6 nitrogen and oxygen atoms in total. The second-order valence-electron chi connectivity index (χ2n) is 5.77. The number of aromatic amines is 1. The molecule has 0 bridgehead atoms. The number of hydrogen-bond acceptors (Lipinski definition) is 5. The van der Waals surface area contributed by atoms with Gasteiger partial charge in [0.2, 0.25) is 0 Å². The van der Waals surface area contributed by atoms with Crippen molar-refractivity contribution in [2.24, 2.45) is 5.41 Å². The molecule has 1 rings (SSSR count). The first-order valence-corrected chi connectivity index (χ1v) is 6.71. The van der Waals surface area contributed by atoms with Gasteiger partial charge in [-0.2, -0.15) is 0 Å². The lowest BCUT2D eigenvalue weighted by atomic mass is 9.88. The highest BCUT2D eigenvalue weighted by Crippen LogP contribution is 2.33. The Morgan fingerprint density at radius 3 is 2.65 bits per heavy atom. The van der Waals surface area contributed by atoms with Gasteiger partial charge in [0.05, 0.1) is 12.3 Å². The summed E-state index contributed by atoms with van der Waals surface area (Å²) in [6.45, 7) is 8.01. The Morgan fingerprint density at radius 1 is 1.40 bits per heavy atom. The van der Waals surface area contributed by atoms with Crippen molar-refractivity contribution in [2.75, 3.05) is 27.4 Å². The molecule has 0 saturated carbocycles. The van der Waals surface area contributed by atoms with E-state index in [-0.39, 0.29) is 17.1 Å². The van der Waals surface area contributed by atoms with Gasteiger partial charge in [0.25, 0.3) is 5.56 Å². The molecule has 114 valence electrons. The number of hydrogen-bond donors (Lipinski definition) is 2. The molecule has 0 aliphatic heterocycles. The van der Waals surface area contributed by atoms with E-state index in [2.05, 4.69) is 15.3 Å². The van der Waals surface area contributed by atoms with E-state index in [0.717, 1.165) is 0 Å². The minimum Gasteiger partial charge on any atom is -0.383 e. The van der Waals surface area contributed by atoms with Crippen molar-refractivity contribution in [3.05, 3.63) is 27.9 Å². The predicted octanol–water partition coefficient (Wildman–Crippen LogP) is 1.24. The summed E-state index contributed by atoms with van der Waals surface area (Å²) in [6.07, 6.45) is -0.255. The number of rotatable bonds is 7. The van der Waals surface area contributed by atoms with Gasteiger partial charge in [0.1, 0.15) is 11.9 Å². The average Bonchev–Trinajstić information content (AvgIpc) is 2.33. The molecule has 0 aromatic carbocycles. The smallest absolute Gasteiger partial charge is 0.251 e. The Labute approximate surface area is 119 Å². The third-order valence-corrected chi connectivity index (χ3v) is 2.87. The van der Waals surface area contributed by atoms with E-state index >= 15 is 0 Å². The van der Waals surface area contributed by atoms with Crippen molar-refractivity contribution >= 4 is 0 Å². The molecule has 0 spiro atoms. The molecule has 0 radical (unpaired) electrons. The zero-order valence-corrected chi connectivity index (χ0v) is 12.9. The first kappa shape index (κ1) is 16.8. The molecule has 2 N–H and O–H groups in total. The zero-order valence-electron chi connectivity index (χ0n) is 12.9. The van der Waals surface area contributed by atoms with Gasteiger partial charge in [-0.15, -0.1) is 0 Å². The van der Waals surface area contributed by atoms with Gasteiger partial charge < -0.3 is 19.8 Å². The highest BCUT2D eigenvalue weighted by molar-refractivity contribution is 5.06. The van der Waals surface area contributed by atoms with Crippen molar-refractivity contribution in [3.63, 3.8) is 0 Å². The van der Waals surface area contributed by atoms with Gasteiger partial charge in [0, 0.05) is 33.4 Å². The number of aromatic nitrogens is 2. The molecule has 0 amide bonds. The second kappa shape index (κ2) is 7.52. The molecule has 0 fully saturated rings.